The van der Waals surface area contributed by atoms with Crippen LogP contribution in [0.1, 0.15) is 17.2 Å². The van der Waals surface area contributed by atoms with Crippen molar-refractivity contribution >= 4 is 5.91 Å². The van der Waals surface area contributed by atoms with Crippen molar-refractivity contribution in [2.24, 2.45) is 0 Å². The Morgan fingerprint density at radius 2 is 1.69 bits per heavy atom. The zero-order chi connectivity index (χ0) is 21.0. The quantitative estimate of drug-likeness (QED) is 0.817. The summed E-state index contributed by atoms with van der Waals surface area (Å²) >= 11 is 0. The van der Waals surface area contributed by atoms with E-state index in [1.165, 1.54) is 4.90 Å². The largest absolute Gasteiger partial charge is 0.417 e. The number of hydrogen-bond donors (Lipinski definition) is 1. The smallest absolute Gasteiger partial charge is 0.387 e. The van der Waals surface area contributed by atoms with Gasteiger partial charge in [-0.3, -0.25) is 14.5 Å². The van der Waals surface area contributed by atoms with Gasteiger partial charge in [0.05, 0.1) is 11.7 Å². The van der Waals surface area contributed by atoms with Gasteiger partial charge in [-0.15, -0.1) is 0 Å². The summed E-state index contributed by atoms with van der Waals surface area (Å²) in [5.74, 6) is -0.408. The number of hydrogen-bond acceptors (Lipinski definition) is 4. The molecule has 6 nitrogen and oxygen atoms in total. The van der Waals surface area contributed by atoms with Gasteiger partial charge >= 0.3 is 6.18 Å². The number of pyridine rings is 1. The number of amides is 1. The first kappa shape index (κ1) is 21.1. The third kappa shape index (κ3) is 5.45. The molecule has 2 heterocycles. The highest BCUT2D eigenvalue weighted by Crippen LogP contribution is 2.28. The Labute approximate surface area is 165 Å². The molecule has 1 aliphatic rings. The topological polar surface area (TPSA) is 65.8 Å². The fraction of sp³-hybridized carbons (Fsp3) is 0.400. The van der Waals surface area contributed by atoms with E-state index in [4.69, 9.17) is 0 Å². The number of benzene rings is 1. The number of nitrogens with zero attached hydrogens (tertiary/aromatic N) is 3. The third-order valence-electron chi connectivity index (χ3n) is 4.96. The number of alkyl halides is 3. The molecule has 0 bridgehead atoms. The maximum atomic E-state index is 12.8. The van der Waals surface area contributed by atoms with Crippen LogP contribution in [0, 0.1) is 0 Å². The van der Waals surface area contributed by atoms with Crippen molar-refractivity contribution in [2.45, 2.75) is 18.8 Å². The number of carbonyl (C=O) groups is 1. The first-order valence-electron chi connectivity index (χ1n) is 9.25. The Morgan fingerprint density at radius 1 is 1.03 bits per heavy atom. The predicted octanol–water partition coefficient (Wildman–Crippen LogP) is 1.74. The second-order valence-electron chi connectivity index (χ2n) is 6.99. The van der Waals surface area contributed by atoms with Crippen molar-refractivity contribution in [3.05, 3.63) is 70.1 Å². The van der Waals surface area contributed by atoms with Crippen LogP contribution in [0.4, 0.5) is 13.2 Å². The van der Waals surface area contributed by atoms with Gasteiger partial charge in [0.2, 0.25) is 5.91 Å². The average Bonchev–Trinajstić information content (AvgIpc) is 2.70. The first-order valence-corrected chi connectivity index (χ1v) is 9.25. The minimum absolute atomic E-state index is 0.383. The lowest BCUT2D eigenvalue weighted by molar-refractivity contribution is -0.139. The Kier molecular flexibility index (Phi) is 6.39. The van der Waals surface area contributed by atoms with Gasteiger partial charge in [0.1, 0.15) is 6.54 Å². The molecule has 0 saturated carbocycles. The number of aliphatic hydroxyl groups is 1. The summed E-state index contributed by atoms with van der Waals surface area (Å²) in [6.45, 7) is 1.83. The van der Waals surface area contributed by atoms with E-state index in [0.717, 1.165) is 16.2 Å². The van der Waals surface area contributed by atoms with Gasteiger partial charge in [-0.05, 0) is 11.6 Å². The number of piperazine rings is 1. The zero-order valence-corrected chi connectivity index (χ0v) is 15.7. The summed E-state index contributed by atoms with van der Waals surface area (Å²) in [6, 6.07) is 10.8. The van der Waals surface area contributed by atoms with Crippen LogP contribution in [0.25, 0.3) is 0 Å². The van der Waals surface area contributed by atoms with Crippen LogP contribution in [0.2, 0.25) is 0 Å². The summed E-state index contributed by atoms with van der Waals surface area (Å²) in [7, 11) is 0. The number of rotatable bonds is 5. The SMILES string of the molecule is O=C(Cn1cc(C(F)(F)F)ccc1=O)N1CCN(CC(O)c2ccccc2)CC1. The molecule has 1 atom stereocenters. The summed E-state index contributed by atoms with van der Waals surface area (Å²) in [5.41, 5.74) is -0.810. The van der Waals surface area contributed by atoms with Crippen molar-refractivity contribution in [1.82, 2.24) is 14.4 Å². The molecule has 1 saturated heterocycles. The molecule has 3 rings (SSSR count). The number of carbonyl (C=O) groups excluding carboxylic acids is 1. The highest BCUT2D eigenvalue weighted by Gasteiger charge is 2.31. The molecule has 156 valence electrons. The molecule has 1 fully saturated rings. The van der Waals surface area contributed by atoms with Crippen molar-refractivity contribution in [1.29, 1.82) is 0 Å². The molecular weight excluding hydrogens is 387 g/mol. The van der Waals surface area contributed by atoms with Crippen LogP contribution in [-0.4, -0.2) is 58.1 Å². The van der Waals surface area contributed by atoms with Gasteiger partial charge in [0.25, 0.3) is 5.56 Å². The lowest BCUT2D eigenvalue weighted by Gasteiger charge is -2.35. The molecule has 0 spiro atoms. The number of aliphatic hydroxyl groups excluding tert-OH is 1. The van der Waals surface area contributed by atoms with E-state index >= 15 is 0 Å². The van der Waals surface area contributed by atoms with E-state index in [-0.39, 0.29) is 0 Å². The van der Waals surface area contributed by atoms with Crippen LogP contribution < -0.4 is 5.56 Å². The minimum Gasteiger partial charge on any atom is -0.387 e. The first-order chi connectivity index (χ1) is 13.7. The molecular formula is C20H22F3N3O3. The van der Waals surface area contributed by atoms with Crippen molar-refractivity contribution in [3.63, 3.8) is 0 Å². The van der Waals surface area contributed by atoms with Gasteiger partial charge in [0.15, 0.2) is 0 Å². The molecule has 1 aromatic heterocycles. The van der Waals surface area contributed by atoms with Crippen LogP contribution >= 0.6 is 0 Å². The number of β-amino-alcohol motifs (C(OH)–C–C–N with tert-alkyl or cyclic N) is 1. The van der Waals surface area contributed by atoms with E-state index in [1.807, 2.05) is 35.2 Å². The lowest BCUT2D eigenvalue weighted by atomic mass is 10.1. The summed E-state index contributed by atoms with van der Waals surface area (Å²) in [4.78, 5) is 27.8. The van der Waals surface area contributed by atoms with Crippen LogP contribution in [0.5, 0.6) is 0 Å². The number of halogens is 3. The van der Waals surface area contributed by atoms with Crippen LogP contribution in [-0.2, 0) is 17.5 Å². The van der Waals surface area contributed by atoms with Crippen molar-refractivity contribution < 1.29 is 23.1 Å². The Hall–Kier alpha value is -2.65. The predicted molar refractivity (Wildman–Crippen MR) is 100 cm³/mol. The second-order valence-corrected chi connectivity index (χ2v) is 6.99. The lowest BCUT2D eigenvalue weighted by Crippen LogP contribution is -2.50. The van der Waals surface area contributed by atoms with Gasteiger partial charge in [-0.1, -0.05) is 30.3 Å². The van der Waals surface area contributed by atoms with Gasteiger partial charge in [-0.2, -0.15) is 13.2 Å². The Balaban J connectivity index is 1.55. The third-order valence-corrected chi connectivity index (χ3v) is 4.96. The molecule has 1 aromatic carbocycles. The molecule has 2 aromatic rings. The average molecular weight is 409 g/mol. The second kappa shape index (κ2) is 8.79. The molecule has 1 aliphatic heterocycles. The molecule has 0 radical (unpaired) electrons. The highest BCUT2D eigenvalue weighted by molar-refractivity contribution is 5.76. The molecule has 29 heavy (non-hydrogen) atoms. The summed E-state index contributed by atoms with van der Waals surface area (Å²) in [5, 5.41) is 10.3. The fourth-order valence-electron chi connectivity index (χ4n) is 3.27. The van der Waals surface area contributed by atoms with Gasteiger partial charge in [-0.25, -0.2) is 0 Å². The Bertz CT molecular complexity index is 891. The van der Waals surface area contributed by atoms with E-state index in [9.17, 15) is 27.9 Å². The zero-order valence-electron chi connectivity index (χ0n) is 15.7. The molecule has 0 aliphatic carbocycles. The maximum Gasteiger partial charge on any atom is 0.417 e. The van der Waals surface area contributed by atoms with Crippen LogP contribution in [0.15, 0.2) is 53.5 Å². The van der Waals surface area contributed by atoms with E-state index in [0.29, 0.717) is 45.0 Å². The summed E-state index contributed by atoms with van der Waals surface area (Å²) in [6.07, 6.45) is -4.54. The summed E-state index contributed by atoms with van der Waals surface area (Å²) < 4.78 is 39.3. The van der Waals surface area contributed by atoms with E-state index < -0.39 is 35.9 Å². The Morgan fingerprint density at radius 3 is 2.31 bits per heavy atom. The molecule has 1 N–H and O–H groups in total. The van der Waals surface area contributed by atoms with Crippen molar-refractivity contribution in [2.75, 3.05) is 32.7 Å². The normalized spacial score (nSPS) is 16.6. The maximum absolute atomic E-state index is 12.8. The fourth-order valence-corrected chi connectivity index (χ4v) is 3.27. The molecule has 1 amide bonds. The van der Waals surface area contributed by atoms with Crippen molar-refractivity contribution in [3.8, 4) is 0 Å². The number of aromatic nitrogens is 1. The minimum atomic E-state index is -4.58. The van der Waals surface area contributed by atoms with E-state index in [1.54, 1.807) is 0 Å². The standard InChI is InChI=1S/C20H22F3N3O3/c21-20(22,23)16-6-7-18(28)26(12-16)14-19(29)25-10-8-24(9-11-25)13-17(27)15-4-2-1-3-5-15/h1-7,12,17,27H,8-11,13-14H2. The van der Waals surface area contributed by atoms with E-state index in [2.05, 4.69) is 0 Å². The monoisotopic (exact) mass is 409 g/mol. The van der Waals surface area contributed by atoms with Gasteiger partial charge in [0, 0.05) is 45.0 Å². The highest BCUT2D eigenvalue weighted by atomic mass is 19.4. The van der Waals surface area contributed by atoms with Gasteiger partial charge < -0.3 is 14.6 Å². The van der Waals surface area contributed by atoms with Crippen LogP contribution in [0.3, 0.4) is 0 Å². The molecule has 9 heteroatoms. The molecule has 1 unspecified atom stereocenters.